The van der Waals surface area contributed by atoms with Gasteiger partial charge in [0, 0.05) is 6.42 Å². The van der Waals surface area contributed by atoms with Crippen LogP contribution in [-0.4, -0.2) is 73.9 Å². The monoisotopic (exact) mass is 450 g/mol. The summed E-state index contributed by atoms with van der Waals surface area (Å²) < 4.78 is 4.87. The largest absolute Gasteiger partial charge is 0.433 e. The number of esters is 1. The summed E-state index contributed by atoms with van der Waals surface area (Å²) in [4.78, 5) is 12.3. The van der Waals surface area contributed by atoms with Crippen LogP contribution in [0.4, 0.5) is 0 Å². The van der Waals surface area contributed by atoms with Gasteiger partial charge in [-0.1, -0.05) is 78.1 Å². The van der Waals surface area contributed by atoms with Gasteiger partial charge in [-0.05, 0) is 18.8 Å². The van der Waals surface area contributed by atoms with Gasteiger partial charge in [0.1, 0.15) is 24.4 Å². The number of aliphatic hydroxyl groups is 6. The lowest BCUT2D eigenvalue weighted by molar-refractivity contribution is -0.214. The van der Waals surface area contributed by atoms with Crippen LogP contribution in [0.1, 0.15) is 97.3 Å². The second-order valence-corrected chi connectivity index (χ2v) is 8.58. The zero-order chi connectivity index (χ0) is 23.6. The Morgan fingerprint density at radius 3 is 1.71 bits per heavy atom. The summed E-state index contributed by atoms with van der Waals surface area (Å²) in [5.41, 5.74) is 0. The third-order valence-corrected chi connectivity index (χ3v) is 5.71. The predicted molar refractivity (Wildman–Crippen MR) is 118 cm³/mol. The van der Waals surface area contributed by atoms with Crippen molar-refractivity contribution in [3.8, 4) is 0 Å². The number of carbonyl (C=O) groups is 1. The SMILES string of the molecule is CCCCCCCCC(CCCCCC)CC(=O)OC(O)[C@H](O)[C@@H](O)[C@H](O)[C@H](O)CO. The van der Waals surface area contributed by atoms with Crippen molar-refractivity contribution in [3.63, 3.8) is 0 Å². The number of hydrogen-bond donors (Lipinski definition) is 6. The van der Waals surface area contributed by atoms with Crippen molar-refractivity contribution in [2.75, 3.05) is 6.61 Å². The van der Waals surface area contributed by atoms with Gasteiger partial charge in [-0.2, -0.15) is 0 Å². The van der Waals surface area contributed by atoms with Crippen molar-refractivity contribution in [1.29, 1.82) is 0 Å². The van der Waals surface area contributed by atoms with Crippen LogP contribution in [0.2, 0.25) is 0 Å². The van der Waals surface area contributed by atoms with Crippen LogP contribution in [0.15, 0.2) is 0 Å². The minimum Gasteiger partial charge on any atom is -0.433 e. The second-order valence-electron chi connectivity index (χ2n) is 8.58. The lowest BCUT2D eigenvalue weighted by Crippen LogP contribution is -2.51. The normalized spacial score (nSPS) is 17.5. The Balaban J connectivity index is 4.57. The van der Waals surface area contributed by atoms with Gasteiger partial charge in [-0.3, -0.25) is 4.79 Å². The van der Waals surface area contributed by atoms with Crippen molar-refractivity contribution >= 4 is 5.97 Å². The molecule has 8 heteroatoms. The topological polar surface area (TPSA) is 148 Å². The van der Waals surface area contributed by atoms with Crippen LogP contribution in [-0.2, 0) is 9.53 Å². The molecule has 0 aromatic heterocycles. The summed E-state index contributed by atoms with van der Waals surface area (Å²) in [6, 6.07) is 0. The van der Waals surface area contributed by atoms with E-state index in [1.54, 1.807) is 0 Å². The highest BCUT2D eigenvalue weighted by atomic mass is 16.6. The standard InChI is InChI=1S/C23H46O8/c1-3-5-7-9-10-12-14-17(13-11-8-6-4-2)15-19(26)31-23(30)22(29)21(28)20(27)18(25)16-24/h17-18,20-25,27-30H,3-16H2,1-2H3/t17?,18-,20-,21+,22-,23?/m1/s1. The number of ether oxygens (including phenoxy) is 1. The van der Waals surface area contributed by atoms with Crippen molar-refractivity contribution in [3.05, 3.63) is 0 Å². The van der Waals surface area contributed by atoms with Crippen LogP contribution in [0.5, 0.6) is 0 Å². The quantitative estimate of drug-likeness (QED) is 0.0937. The van der Waals surface area contributed by atoms with E-state index in [1.807, 2.05) is 0 Å². The fourth-order valence-corrected chi connectivity index (χ4v) is 3.62. The van der Waals surface area contributed by atoms with Gasteiger partial charge in [0.05, 0.1) is 6.61 Å². The zero-order valence-electron chi connectivity index (χ0n) is 19.4. The summed E-state index contributed by atoms with van der Waals surface area (Å²) in [6.07, 6.45) is 3.69. The summed E-state index contributed by atoms with van der Waals surface area (Å²) in [5.74, 6) is -0.547. The molecule has 2 unspecified atom stereocenters. The van der Waals surface area contributed by atoms with Crippen LogP contribution >= 0.6 is 0 Å². The molecule has 0 amide bonds. The van der Waals surface area contributed by atoms with Crippen LogP contribution in [0.3, 0.4) is 0 Å². The highest BCUT2D eigenvalue weighted by Crippen LogP contribution is 2.23. The molecule has 0 aromatic rings. The maximum absolute atomic E-state index is 12.3. The first kappa shape index (κ1) is 30.2. The molecule has 0 radical (unpaired) electrons. The highest BCUT2D eigenvalue weighted by Gasteiger charge is 2.36. The van der Waals surface area contributed by atoms with E-state index < -0.39 is 43.3 Å². The molecule has 0 spiro atoms. The molecule has 0 rings (SSSR count). The molecule has 31 heavy (non-hydrogen) atoms. The lowest BCUT2D eigenvalue weighted by atomic mass is 9.91. The number of carbonyl (C=O) groups excluding carboxylic acids is 1. The Kier molecular flexibility index (Phi) is 18.3. The number of unbranched alkanes of at least 4 members (excludes halogenated alkanes) is 8. The Labute approximate surface area is 187 Å². The molecule has 6 N–H and O–H groups in total. The van der Waals surface area contributed by atoms with E-state index in [-0.39, 0.29) is 12.3 Å². The summed E-state index contributed by atoms with van der Waals surface area (Å²) in [6.45, 7) is 3.49. The van der Waals surface area contributed by atoms with Crippen molar-refractivity contribution in [1.82, 2.24) is 0 Å². The molecule has 0 aliphatic carbocycles. The number of aliphatic hydroxyl groups excluding tert-OH is 6. The van der Waals surface area contributed by atoms with Crippen molar-refractivity contribution < 1.29 is 40.2 Å². The minimum atomic E-state index is -2.04. The molecule has 186 valence electrons. The average molecular weight is 451 g/mol. The minimum absolute atomic E-state index is 0.114. The van der Waals surface area contributed by atoms with Gasteiger partial charge in [0.25, 0.3) is 0 Å². The lowest BCUT2D eigenvalue weighted by Gasteiger charge is -2.28. The first-order valence-electron chi connectivity index (χ1n) is 12.0. The maximum atomic E-state index is 12.3. The van der Waals surface area contributed by atoms with E-state index in [0.717, 1.165) is 51.4 Å². The summed E-state index contributed by atoms with van der Waals surface area (Å²) >= 11 is 0. The Hall–Kier alpha value is -0.770. The molecule has 0 bridgehead atoms. The van der Waals surface area contributed by atoms with Gasteiger partial charge >= 0.3 is 5.97 Å². The van der Waals surface area contributed by atoms with Gasteiger partial charge in [0.2, 0.25) is 6.29 Å². The van der Waals surface area contributed by atoms with E-state index in [1.165, 1.54) is 25.7 Å². The third-order valence-electron chi connectivity index (χ3n) is 5.71. The first-order chi connectivity index (χ1) is 14.8. The molecule has 6 atom stereocenters. The zero-order valence-corrected chi connectivity index (χ0v) is 19.4. The van der Waals surface area contributed by atoms with E-state index in [0.29, 0.717) is 0 Å². The third kappa shape index (κ3) is 14.1. The van der Waals surface area contributed by atoms with Crippen molar-refractivity contribution in [2.45, 2.75) is 128 Å². The van der Waals surface area contributed by atoms with Gasteiger partial charge < -0.3 is 35.4 Å². The fraction of sp³-hybridized carbons (Fsp3) is 0.957. The van der Waals surface area contributed by atoms with Gasteiger partial charge in [-0.15, -0.1) is 0 Å². The molecule has 0 saturated carbocycles. The highest BCUT2D eigenvalue weighted by molar-refractivity contribution is 5.69. The van der Waals surface area contributed by atoms with E-state index in [2.05, 4.69) is 13.8 Å². The molecular formula is C23H46O8. The van der Waals surface area contributed by atoms with Gasteiger partial charge in [-0.25, -0.2) is 0 Å². The van der Waals surface area contributed by atoms with Gasteiger partial charge in [0.15, 0.2) is 0 Å². The van der Waals surface area contributed by atoms with Crippen LogP contribution in [0.25, 0.3) is 0 Å². The Morgan fingerprint density at radius 1 is 0.710 bits per heavy atom. The molecule has 0 aliphatic heterocycles. The number of rotatable bonds is 20. The van der Waals surface area contributed by atoms with E-state index in [4.69, 9.17) is 9.84 Å². The molecule has 0 aliphatic rings. The van der Waals surface area contributed by atoms with Crippen molar-refractivity contribution in [2.24, 2.45) is 5.92 Å². The number of hydrogen-bond acceptors (Lipinski definition) is 8. The molecule has 0 heterocycles. The van der Waals surface area contributed by atoms with E-state index >= 15 is 0 Å². The molecule has 8 nitrogen and oxygen atoms in total. The Bertz CT molecular complexity index is 434. The Morgan fingerprint density at radius 2 is 1.19 bits per heavy atom. The smallest absolute Gasteiger partial charge is 0.308 e. The average Bonchev–Trinajstić information content (AvgIpc) is 2.76. The first-order valence-corrected chi connectivity index (χ1v) is 12.0. The maximum Gasteiger partial charge on any atom is 0.308 e. The molecule has 0 saturated heterocycles. The summed E-state index contributed by atoms with van der Waals surface area (Å²) in [5, 5.41) is 57.4. The molecule has 0 fully saturated rings. The molecule has 0 aromatic carbocycles. The summed E-state index contributed by atoms with van der Waals surface area (Å²) in [7, 11) is 0. The fourth-order valence-electron chi connectivity index (χ4n) is 3.62. The van der Waals surface area contributed by atoms with Crippen LogP contribution < -0.4 is 0 Å². The predicted octanol–water partition coefficient (Wildman–Crippen LogP) is 2.01. The second kappa shape index (κ2) is 18.8. The van der Waals surface area contributed by atoms with Crippen LogP contribution in [0, 0.1) is 5.92 Å². The van der Waals surface area contributed by atoms with E-state index in [9.17, 15) is 30.3 Å². The molecular weight excluding hydrogens is 404 g/mol.